The lowest BCUT2D eigenvalue weighted by Gasteiger charge is -2.30. The topological polar surface area (TPSA) is 79.7 Å². The van der Waals surface area contributed by atoms with Crippen LogP contribution in [0.25, 0.3) is 33.5 Å². The SMILES string of the molecule is O=CCN1CCC(n2cc(-c3n[nH]c4ccc(-c5ccccc5F)nc34)cn2)CC1. The van der Waals surface area contributed by atoms with Crippen molar-refractivity contribution in [2.24, 2.45) is 0 Å². The van der Waals surface area contributed by atoms with Crippen molar-refractivity contribution in [1.82, 2.24) is 29.9 Å². The molecule has 1 aliphatic heterocycles. The molecule has 3 aromatic heterocycles. The second-order valence-electron chi connectivity index (χ2n) is 7.55. The first-order valence-electron chi connectivity index (χ1n) is 10.0. The number of nitrogens with zero attached hydrogens (tertiary/aromatic N) is 5. The van der Waals surface area contributed by atoms with Gasteiger partial charge in [-0.1, -0.05) is 12.1 Å². The van der Waals surface area contributed by atoms with Crippen molar-refractivity contribution in [2.75, 3.05) is 19.6 Å². The fourth-order valence-corrected chi connectivity index (χ4v) is 4.05. The van der Waals surface area contributed by atoms with Gasteiger partial charge in [0.2, 0.25) is 0 Å². The van der Waals surface area contributed by atoms with E-state index in [0.29, 0.717) is 35.1 Å². The van der Waals surface area contributed by atoms with E-state index in [2.05, 4.69) is 25.2 Å². The van der Waals surface area contributed by atoms with Crippen LogP contribution in [0.5, 0.6) is 0 Å². The Morgan fingerprint density at radius 1 is 1.17 bits per heavy atom. The number of carbonyl (C=O) groups is 1. The molecule has 0 amide bonds. The molecule has 0 spiro atoms. The molecular weight excluding hydrogens is 383 g/mol. The molecule has 0 atom stereocenters. The maximum absolute atomic E-state index is 14.2. The second-order valence-corrected chi connectivity index (χ2v) is 7.55. The Morgan fingerprint density at radius 3 is 2.80 bits per heavy atom. The number of aromatic amines is 1. The number of pyridine rings is 1. The Bertz CT molecular complexity index is 1190. The molecular formula is C22H21FN6O. The molecule has 30 heavy (non-hydrogen) atoms. The van der Waals surface area contributed by atoms with E-state index in [1.165, 1.54) is 6.07 Å². The number of benzene rings is 1. The molecule has 0 saturated carbocycles. The van der Waals surface area contributed by atoms with E-state index < -0.39 is 0 Å². The minimum atomic E-state index is -0.303. The summed E-state index contributed by atoms with van der Waals surface area (Å²) in [5.74, 6) is -0.303. The molecule has 0 unspecified atom stereocenters. The zero-order valence-corrected chi connectivity index (χ0v) is 16.3. The Labute approximate surface area is 172 Å². The second kappa shape index (κ2) is 7.79. The first kappa shape index (κ1) is 18.6. The van der Waals surface area contributed by atoms with Crippen LogP contribution in [0.1, 0.15) is 18.9 Å². The number of halogens is 1. The fourth-order valence-electron chi connectivity index (χ4n) is 4.05. The number of aromatic nitrogens is 5. The molecule has 152 valence electrons. The summed E-state index contributed by atoms with van der Waals surface area (Å²) < 4.78 is 16.2. The summed E-state index contributed by atoms with van der Waals surface area (Å²) in [5, 5.41) is 12.0. The molecule has 8 heteroatoms. The minimum Gasteiger partial charge on any atom is -0.302 e. The quantitative estimate of drug-likeness (QED) is 0.515. The summed E-state index contributed by atoms with van der Waals surface area (Å²) in [6, 6.07) is 10.6. The number of fused-ring (bicyclic) bond motifs is 1. The number of hydrogen-bond donors (Lipinski definition) is 1. The maximum atomic E-state index is 14.2. The van der Waals surface area contributed by atoms with Gasteiger partial charge in [0, 0.05) is 30.4 Å². The summed E-state index contributed by atoms with van der Waals surface area (Å²) in [7, 11) is 0. The fraction of sp³-hybridized carbons (Fsp3) is 0.273. The maximum Gasteiger partial charge on any atom is 0.133 e. The van der Waals surface area contributed by atoms with Crippen LogP contribution in [0.4, 0.5) is 4.39 Å². The monoisotopic (exact) mass is 404 g/mol. The molecule has 7 nitrogen and oxygen atoms in total. The average molecular weight is 404 g/mol. The molecule has 1 aliphatic rings. The first-order chi connectivity index (χ1) is 14.7. The third-order valence-electron chi connectivity index (χ3n) is 5.70. The number of carbonyl (C=O) groups excluding carboxylic acids is 1. The van der Waals surface area contributed by atoms with Crippen LogP contribution in [-0.4, -0.2) is 55.8 Å². The predicted molar refractivity (Wildman–Crippen MR) is 111 cm³/mol. The van der Waals surface area contributed by atoms with Crippen molar-refractivity contribution < 1.29 is 9.18 Å². The van der Waals surface area contributed by atoms with Crippen molar-refractivity contribution in [3.8, 4) is 22.5 Å². The van der Waals surface area contributed by atoms with Gasteiger partial charge >= 0.3 is 0 Å². The van der Waals surface area contributed by atoms with Crippen LogP contribution in [0.2, 0.25) is 0 Å². The van der Waals surface area contributed by atoms with Gasteiger partial charge in [-0.25, -0.2) is 9.37 Å². The highest BCUT2D eigenvalue weighted by atomic mass is 19.1. The Balaban J connectivity index is 1.44. The van der Waals surface area contributed by atoms with Crippen LogP contribution in [-0.2, 0) is 4.79 Å². The van der Waals surface area contributed by atoms with Crippen LogP contribution < -0.4 is 0 Å². The number of nitrogens with one attached hydrogen (secondary N) is 1. The number of aldehydes is 1. The first-order valence-corrected chi connectivity index (χ1v) is 10.0. The highest BCUT2D eigenvalue weighted by molar-refractivity contribution is 5.90. The Hall–Kier alpha value is -3.39. The van der Waals surface area contributed by atoms with Gasteiger partial charge in [-0.2, -0.15) is 10.2 Å². The third-order valence-corrected chi connectivity index (χ3v) is 5.70. The van der Waals surface area contributed by atoms with Gasteiger partial charge in [0.15, 0.2) is 0 Å². The largest absolute Gasteiger partial charge is 0.302 e. The van der Waals surface area contributed by atoms with Crippen molar-refractivity contribution in [3.63, 3.8) is 0 Å². The summed E-state index contributed by atoms with van der Waals surface area (Å²) >= 11 is 0. The predicted octanol–water partition coefficient (Wildman–Crippen LogP) is 3.46. The van der Waals surface area contributed by atoms with Gasteiger partial charge in [-0.15, -0.1) is 0 Å². The molecule has 1 saturated heterocycles. The number of hydrogen-bond acceptors (Lipinski definition) is 5. The molecule has 1 fully saturated rings. The summed E-state index contributed by atoms with van der Waals surface area (Å²) in [4.78, 5) is 17.5. The summed E-state index contributed by atoms with van der Waals surface area (Å²) in [6.07, 6.45) is 6.65. The standard InChI is InChI=1S/C22H21FN6O/c23-18-4-2-1-3-17(18)19-5-6-20-22(25-19)21(27-26-20)15-13-24-29(14-15)16-7-9-28(10-8-16)11-12-30/h1-6,12-14,16H,7-11H2,(H,26,27). The highest BCUT2D eigenvalue weighted by Gasteiger charge is 2.22. The van der Waals surface area contributed by atoms with Gasteiger partial charge in [0.25, 0.3) is 0 Å². The smallest absolute Gasteiger partial charge is 0.133 e. The molecule has 0 radical (unpaired) electrons. The lowest BCUT2D eigenvalue weighted by molar-refractivity contribution is -0.109. The normalized spacial score (nSPS) is 15.6. The zero-order valence-electron chi connectivity index (χ0n) is 16.3. The lowest BCUT2D eigenvalue weighted by atomic mass is 10.1. The van der Waals surface area contributed by atoms with E-state index in [0.717, 1.165) is 43.3 Å². The van der Waals surface area contributed by atoms with Crippen LogP contribution in [0.15, 0.2) is 48.8 Å². The average Bonchev–Trinajstić information content (AvgIpc) is 3.41. The lowest BCUT2D eigenvalue weighted by Crippen LogP contribution is -2.35. The number of rotatable bonds is 5. The number of likely N-dealkylation sites (tertiary alicyclic amines) is 1. The van der Waals surface area contributed by atoms with Crippen LogP contribution >= 0.6 is 0 Å². The molecule has 1 aromatic carbocycles. The van der Waals surface area contributed by atoms with Crippen molar-refractivity contribution >= 4 is 17.3 Å². The van der Waals surface area contributed by atoms with Crippen molar-refractivity contribution in [2.45, 2.75) is 18.9 Å². The van der Waals surface area contributed by atoms with Gasteiger partial charge in [0.1, 0.15) is 23.3 Å². The Kier molecular flexibility index (Phi) is 4.84. The molecule has 1 N–H and O–H groups in total. The van der Waals surface area contributed by atoms with Gasteiger partial charge in [0.05, 0.1) is 30.0 Å². The summed E-state index contributed by atoms with van der Waals surface area (Å²) in [6.45, 7) is 2.27. The van der Waals surface area contributed by atoms with E-state index in [-0.39, 0.29) is 5.82 Å². The van der Waals surface area contributed by atoms with E-state index in [9.17, 15) is 9.18 Å². The molecule has 4 heterocycles. The minimum absolute atomic E-state index is 0.300. The zero-order chi connectivity index (χ0) is 20.5. The van der Waals surface area contributed by atoms with E-state index in [1.54, 1.807) is 30.5 Å². The highest BCUT2D eigenvalue weighted by Crippen LogP contribution is 2.30. The van der Waals surface area contributed by atoms with E-state index in [4.69, 9.17) is 0 Å². The van der Waals surface area contributed by atoms with E-state index >= 15 is 0 Å². The van der Waals surface area contributed by atoms with Crippen molar-refractivity contribution in [3.05, 3.63) is 54.6 Å². The number of piperidine rings is 1. The summed E-state index contributed by atoms with van der Waals surface area (Å²) in [5.41, 5.74) is 4.08. The van der Waals surface area contributed by atoms with Crippen LogP contribution in [0, 0.1) is 5.82 Å². The third kappa shape index (κ3) is 3.39. The molecule has 0 bridgehead atoms. The molecule has 0 aliphatic carbocycles. The van der Waals surface area contributed by atoms with E-state index in [1.807, 2.05) is 16.9 Å². The number of H-pyrrole nitrogens is 1. The Morgan fingerprint density at radius 2 is 2.00 bits per heavy atom. The molecule has 4 aromatic rings. The van der Waals surface area contributed by atoms with Crippen LogP contribution in [0.3, 0.4) is 0 Å². The van der Waals surface area contributed by atoms with Gasteiger partial charge in [-0.05, 0) is 37.1 Å². The molecule has 5 rings (SSSR count). The van der Waals surface area contributed by atoms with Gasteiger partial charge in [-0.3, -0.25) is 14.7 Å². The van der Waals surface area contributed by atoms with Crippen molar-refractivity contribution in [1.29, 1.82) is 0 Å². The van der Waals surface area contributed by atoms with Gasteiger partial charge < -0.3 is 4.79 Å².